The Balaban J connectivity index is 0.00000225. The van der Waals surface area contributed by atoms with Gasteiger partial charge in [-0.05, 0) is 23.0 Å². The summed E-state index contributed by atoms with van der Waals surface area (Å²) < 4.78 is 12.1. The third kappa shape index (κ3) is 4.11. The van der Waals surface area contributed by atoms with Crippen LogP contribution >= 0.6 is 12.4 Å². The van der Waals surface area contributed by atoms with Gasteiger partial charge in [0.2, 0.25) is 0 Å². The first-order valence-electron chi connectivity index (χ1n) is 5.37. The van der Waals surface area contributed by atoms with E-state index in [1.165, 1.54) is 5.56 Å². The average Bonchev–Trinajstić information content (AvgIpc) is 2.17. The van der Waals surface area contributed by atoms with Crippen molar-refractivity contribution < 1.29 is 4.39 Å². The molecule has 0 aliphatic heterocycles. The summed E-state index contributed by atoms with van der Waals surface area (Å²) in [5, 5.41) is 0. The fraction of sp³-hybridized carbons (Fsp3) is 0.538. The fourth-order valence-electron chi connectivity index (χ4n) is 1.51. The van der Waals surface area contributed by atoms with E-state index in [0.29, 0.717) is 6.42 Å². The minimum Gasteiger partial charge on any atom is -0.324 e. The number of hydrogen-bond acceptors (Lipinski definition) is 1. The van der Waals surface area contributed by atoms with Crippen molar-refractivity contribution in [2.75, 3.05) is 6.67 Å². The normalized spacial score (nSPS) is 13.1. The quantitative estimate of drug-likeness (QED) is 0.862. The summed E-state index contributed by atoms with van der Waals surface area (Å²) in [5.41, 5.74) is 8.27. The third-order valence-electron chi connectivity index (χ3n) is 2.62. The molecule has 0 saturated heterocycles. The van der Waals surface area contributed by atoms with E-state index in [4.69, 9.17) is 5.73 Å². The molecule has 0 aromatic heterocycles. The minimum atomic E-state index is -0.359. The number of halogens is 2. The molecular weight excluding hydrogens is 225 g/mol. The summed E-state index contributed by atoms with van der Waals surface area (Å²) >= 11 is 0. The molecular formula is C13H21ClFN. The van der Waals surface area contributed by atoms with Crippen LogP contribution in [0.1, 0.15) is 44.4 Å². The predicted molar refractivity (Wildman–Crippen MR) is 69.9 cm³/mol. The predicted octanol–water partition coefficient (Wildman–Crippen LogP) is 3.77. The summed E-state index contributed by atoms with van der Waals surface area (Å²) in [6.45, 7) is 6.15. The summed E-state index contributed by atoms with van der Waals surface area (Å²) in [6.07, 6.45) is 0.398. The van der Waals surface area contributed by atoms with Crippen molar-refractivity contribution in [3.63, 3.8) is 0 Å². The van der Waals surface area contributed by atoms with Gasteiger partial charge in [-0.3, -0.25) is 4.39 Å². The van der Waals surface area contributed by atoms with E-state index in [1.54, 1.807) is 0 Å². The van der Waals surface area contributed by atoms with Crippen LogP contribution in [0.4, 0.5) is 4.39 Å². The standard InChI is InChI=1S/C13H20FN.ClH/c1-13(2,3)11-6-4-10(5-7-11)12(15)8-9-14;/h4-7,12H,8-9,15H2,1-3H3;1H/t12-;/m1./s1. The number of alkyl halides is 1. The van der Waals surface area contributed by atoms with Gasteiger partial charge in [0.25, 0.3) is 0 Å². The zero-order chi connectivity index (χ0) is 11.5. The van der Waals surface area contributed by atoms with Gasteiger partial charge in [-0.25, -0.2) is 0 Å². The molecule has 0 aliphatic rings. The van der Waals surface area contributed by atoms with Gasteiger partial charge in [0.15, 0.2) is 0 Å². The molecule has 0 bridgehead atoms. The van der Waals surface area contributed by atoms with Crippen molar-refractivity contribution in [1.82, 2.24) is 0 Å². The topological polar surface area (TPSA) is 26.0 Å². The monoisotopic (exact) mass is 245 g/mol. The van der Waals surface area contributed by atoms with Crippen LogP contribution in [0.3, 0.4) is 0 Å². The first-order chi connectivity index (χ1) is 6.95. The second-order valence-corrected chi connectivity index (χ2v) is 4.96. The SMILES string of the molecule is CC(C)(C)c1ccc([C@H](N)CCF)cc1.Cl. The molecule has 0 aliphatic carbocycles. The van der Waals surface area contributed by atoms with Crippen LogP contribution < -0.4 is 5.73 Å². The van der Waals surface area contributed by atoms with Crippen molar-refractivity contribution in [2.45, 2.75) is 38.6 Å². The van der Waals surface area contributed by atoms with E-state index in [2.05, 4.69) is 32.9 Å². The Kier molecular flexibility index (Phi) is 5.98. The fourth-order valence-corrected chi connectivity index (χ4v) is 1.51. The second-order valence-electron chi connectivity index (χ2n) is 4.96. The first-order valence-corrected chi connectivity index (χ1v) is 5.37. The molecule has 16 heavy (non-hydrogen) atoms. The second kappa shape index (κ2) is 6.21. The van der Waals surface area contributed by atoms with Crippen molar-refractivity contribution in [3.05, 3.63) is 35.4 Å². The van der Waals surface area contributed by atoms with Gasteiger partial charge in [0.05, 0.1) is 6.67 Å². The lowest BCUT2D eigenvalue weighted by Crippen LogP contribution is -2.13. The third-order valence-corrected chi connectivity index (χ3v) is 2.62. The summed E-state index contributed by atoms with van der Waals surface area (Å²) in [7, 11) is 0. The number of hydrogen-bond donors (Lipinski definition) is 1. The maximum Gasteiger partial charge on any atom is 0.0912 e. The molecule has 1 atom stereocenters. The van der Waals surface area contributed by atoms with E-state index in [9.17, 15) is 4.39 Å². The molecule has 0 heterocycles. The molecule has 0 saturated carbocycles. The van der Waals surface area contributed by atoms with Gasteiger partial charge in [-0.1, -0.05) is 45.0 Å². The van der Waals surface area contributed by atoms with E-state index in [0.717, 1.165) is 5.56 Å². The molecule has 1 nitrogen and oxygen atoms in total. The Labute approximate surface area is 104 Å². The van der Waals surface area contributed by atoms with E-state index in [-0.39, 0.29) is 30.5 Å². The lowest BCUT2D eigenvalue weighted by molar-refractivity contribution is 0.441. The zero-order valence-electron chi connectivity index (χ0n) is 10.2. The lowest BCUT2D eigenvalue weighted by atomic mass is 9.86. The molecule has 0 spiro atoms. The van der Waals surface area contributed by atoms with Gasteiger partial charge >= 0.3 is 0 Å². The Morgan fingerprint density at radius 3 is 2.06 bits per heavy atom. The van der Waals surface area contributed by atoms with Gasteiger partial charge in [0.1, 0.15) is 0 Å². The first kappa shape index (κ1) is 15.4. The molecule has 0 fully saturated rings. The maximum absolute atomic E-state index is 12.1. The molecule has 1 aromatic carbocycles. The van der Waals surface area contributed by atoms with Crippen LogP contribution in [0, 0.1) is 0 Å². The van der Waals surface area contributed by atoms with Gasteiger partial charge in [-0.2, -0.15) is 0 Å². The molecule has 2 N–H and O–H groups in total. The molecule has 1 aromatic rings. The number of nitrogens with two attached hydrogens (primary N) is 1. The Hall–Kier alpha value is -0.600. The molecule has 0 amide bonds. The zero-order valence-corrected chi connectivity index (χ0v) is 11.0. The molecule has 0 radical (unpaired) electrons. The van der Waals surface area contributed by atoms with E-state index < -0.39 is 0 Å². The summed E-state index contributed by atoms with van der Waals surface area (Å²) in [4.78, 5) is 0. The average molecular weight is 246 g/mol. The van der Waals surface area contributed by atoms with Crippen LogP contribution in [0.25, 0.3) is 0 Å². The van der Waals surface area contributed by atoms with Crippen LogP contribution in [-0.4, -0.2) is 6.67 Å². The van der Waals surface area contributed by atoms with Gasteiger partial charge in [-0.15, -0.1) is 12.4 Å². The van der Waals surface area contributed by atoms with Crippen LogP contribution in [0.2, 0.25) is 0 Å². The highest BCUT2D eigenvalue weighted by Gasteiger charge is 2.13. The van der Waals surface area contributed by atoms with Gasteiger partial charge in [0, 0.05) is 6.04 Å². The molecule has 92 valence electrons. The van der Waals surface area contributed by atoms with Crippen LogP contribution in [0.15, 0.2) is 24.3 Å². The maximum atomic E-state index is 12.1. The van der Waals surface area contributed by atoms with Crippen molar-refractivity contribution in [3.8, 4) is 0 Å². The van der Waals surface area contributed by atoms with Crippen molar-refractivity contribution >= 4 is 12.4 Å². The molecule has 3 heteroatoms. The van der Waals surface area contributed by atoms with E-state index >= 15 is 0 Å². The Bertz CT molecular complexity index is 303. The highest BCUT2D eigenvalue weighted by molar-refractivity contribution is 5.85. The van der Waals surface area contributed by atoms with Gasteiger partial charge < -0.3 is 5.73 Å². The number of rotatable bonds is 3. The van der Waals surface area contributed by atoms with E-state index in [1.807, 2.05) is 12.1 Å². The van der Waals surface area contributed by atoms with Crippen LogP contribution in [-0.2, 0) is 5.41 Å². The summed E-state index contributed by atoms with van der Waals surface area (Å²) in [6, 6.07) is 7.98. The molecule has 0 unspecified atom stereocenters. The lowest BCUT2D eigenvalue weighted by Gasteiger charge is -2.20. The Morgan fingerprint density at radius 1 is 1.19 bits per heavy atom. The largest absolute Gasteiger partial charge is 0.324 e. The smallest absolute Gasteiger partial charge is 0.0912 e. The Morgan fingerprint density at radius 2 is 1.69 bits per heavy atom. The summed E-state index contributed by atoms with van der Waals surface area (Å²) in [5.74, 6) is 0. The van der Waals surface area contributed by atoms with Crippen LogP contribution in [0.5, 0.6) is 0 Å². The highest BCUT2D eigenvalue weighted by atomic mass is 35.5. The van der Waals surface area contributed by atoms with Crippen molar-refractivity contribution in [1.29, 1.82) is 0 Å². The highest BCUT2D eigenvalue weighted by Crippen LogP contribution is 2.24. The molecule has 1 rings (SSSR count). The minimum absolute atomic E-state index is 0. The van der Waals surface area contributed by atoms with Crippen molar-refractivity contribution in [2.24, 2.45) is 5.73 Å². The number of benzene rings is 1.